The van der Waals surface area contributed by atoms with Gasteiger partial charge in [0, 0.05) is 76.2 Å². The van der Waals surface area contributed by atoms with Crippen LogP contribution < -0.4 is 10.6 Å². The van der Waals surface area contributed by atoms with Crippen LogP contribution in [0.3, 0.4) is 0 Å². The van der Waals surface area contributed by atoms with Gasteiger partial charge < -0.3 is 76.9 Å². The summed E-state index contributed by atoms with van der Waals surface area (Å²) in [6, 6.07) is -3.29. The molecule has 27 heteroatoms. The Balaban J connectivity index is 2.38. The van der Waals surface area contributed by atoms with Crippen LogP contribution in [0.2, 0.25) is 0 Å². The third-order valence-electron chi connectivity index (χ3n) is 9.35. The average Bonchev–Trinajstić information content (AvgIpc) is 3.17. The number of carbonyl (C=O) groups excluding carboxylic acids is 11. The molecule has 3 rings (SSSR count). The van der Waals surface area contributed by atoms with Crippen molar-refractivity contribution in [2.45, 2.75) is 168 Å². The van der Waals surface area contributed by atoms with Crippen LogP contribution in [-0.2, 0) is 119 Å². The minimum atomic E-state index is -2.07. The lowest BCUT2D eigenvalue weighted by molar-refractivity contribution is -0.367. The van der Waals surface area contributed by atoms with Crippen LogP contribution in [0.15, 0.2) is 0 Å². The lowest BCUT2D eigenvalue weighted by Crippen LogP contribution is -2.71. The summed E-state index contributed by atoms with van der Waals surface area (Å²) in [7, 11) is 0. The van der Waals surface area contributed by atoms with E-state index in [0.29, 0.717) is 0 Å². The number of rotatable bonds is 18. The van der Waals surface area contributed by atoms with E-state index in [4.69, 9.17) is 66.3 Å². The second-order valence-electron chi connectivity index (χ2n) is 15.2. The van der Waals surface area contributed by atoms with Crippen LogP contribution >= 0.6 is 0 Å². The van der Waals surface area contributed by atoms with Gasteiger partial charge in [0.15, 0.2) is 43.1 Å². The summed E-state index contributed by atoms with van der Waals surface area (Å²) in [4.78, 5) is 138. The van der Waals surface area contributed by atoms with Crippen molar-refractivity contribution in [3.05, 3.63) is 0 Å². The molecule has 3 aliphatic heterocycles. The van der Waals surface area contributed by atoms with Gasteiger partial charge in [-0.2, -0.15) is 0 Å². The maximum Gasteiger partial charge on any atom is 0.305 e. The Morgan fingerprint density at radius 3 is 1.00 bits per heavy atom. The number of nitrogens with one attached hydrogen (secondary N) is 2. The van der Waals surface area contributed by atoms with Crippen molar-refractivity contribution >= 4 is 65.5 Å². The molecule has 15 atom stereocenters. The molecule has 0 aromatic carbocycles. The Kier molecular flexibility index (Phi) is 20.8. The number of carbonyl (C=O) groups is 11. The van der Waals surface area contributed by atoms with Gasteiger partial charge >= 0.3 is 53.7 Å². The third kappa shape index (κ3) is 17.0. The second kappa shape index (κ2) is 25.2. The van der Waals surface area contributed by atoms with E-state index in [1.54, 1.807) is 0 Å². The van der Waals surface area contributed by atoms with Crippen molar-refractivity contribution in [2.24, 2.45) is 0 Å². The molecule has 27 nitrogen and oxygen atoms in total. The fraction of sp³-hybridized carbons (Fsp3) is 0.725. The fourth-order valence-corrected chi connectivity index (χ4v) is 7.23. The Hall–Kier alpha value is -6.03. The Bertz CT molecular complexity index is 1860. The molecule has 0 bridgehead atoms. The van der Waals surface area contributed by atoms with Gasteiger partial charge in [-0.05, 0) is 0 Å². The molecule has 2 N–H and O–H groups in total. The highest BCUT2D eigenvalue weighted by atomic mass is 16.8. The SMILES string of the molecule is CC(=O)NC1C(OC2C(OC(C)=O)C(COC(C)=O)OC(OC3C(NC(C)=O)C(OC(C)=O)OC(COC(C)=O)C3OC(C)=O)C2OC(C)=O)OC(COC(C)=O)C(OC(C)=O)C1OC(C)=O. The van der Waals surface area contributed by atoms with Crippen LogP contribution in [0.1, 0.15) is 76.2 Å². The lowest BCUT2D eigenvalue weighted by atomic mass is 9.93. The van der Waals surface area contributed by atoms with E-state index >= 15 is 0 Å². The van der Waals surface area contributed by atoms with Crippen LogP contribution in [0.25, 0.3) is 0 Å². The van der Waals surface area contributed by atoms with E-state index in [1.807, 2.05) is 0 Å². The van der Waals surface area contributed by atoms with Crippen molar-refractivity contribution in [3.8, 4) is 0 Å². The average molecular weight is 965 g/mol. The summed E-state index contributed by atoms with van der Waals surface area (Å²) in [5, 5.41) is 5.00. The maximum absolute atomic E-state index is 13.1. The monoisotopic (exact) mass is 964 g/mol. The van der Waals surface area contributed by atoms with Gasteiger partial charge in [0.25, 0.3) is 0 Å². The minimum Gasteiger partial charge on any atom is -0.463 e. The number of amides is 2. The predicted molar refractivity (Wildman–Crippen MR) is 210 cm³/mol. The van der Waals surface area contributed by atoms with Crippen LogP contribution in [-0.4, -0.2) is 177 Å². The number of hydrogen-bond acceptors (Lipinski definition) is 25. The van der Waals surface area contributed by atoms with Crippen molar-refractivity contribution in [2.75, 3.05) is 19.8 Å². The fourth-order valence-electron chi connectivity index (χ4n) is 7.23. The molecule has 0 radical (unpaired) electrons. The molecule has 3 aliphatic rings. The molecule has 0 aliphatic carbocycles. The molecule has 2 amide bonds. The number of ether oxygens (including phenoxy) is 14. The zero-order chi connectivity index (χ0) is 50.4. The Morgan fingerprint density at radius 1 is 0.328 bits per heavy atom. The molecule has 0 aromatic heterocycles. The largest absolute Gasteiger partial charge is 0.463 e. The van der Waals surface area contributed by atoms with Gasteiger partial charge in [-0.3, -0.25) is 52.7 Å². The first-order valence-corrected chi connectivity index (χ1v) is 20.5. The molecule has 0 saturated carbocycles. The molecule has 0 spiro atoms. The molecule has 15 unspecified atom stereocenters. The second-order valence-corrected chi connectivity index (χ2v) is 15.2. The van der Waals surface area contributed by atoms with Crippen molar-refractivity contribution in [1.82, 2.24) is 10.6 Å². The molecule has 0 aromatic rings. The van der Waals surface area contributed by atoms with E-state index in [-0.39, 0.29) is 0 Å². The van der Waals surface area contributed by atoms with Crippen LogP contribution in [0.5, 0.6) is 0 Å². The van der Waals surface area contributed by atoms with Crippen molar-refractivity contribution in [3.63, 3.8) is 0 Å². The first kappa shape index (κ1) is 55.3. The molecule has 3 saturated heterocycles. The Labute approximate surface area is 382 Å². The maximum atomic E-state index is 13.1. The highest BCUT2D eigenvalue weighted by Crippen LogP contribution is 2.37. The Morgan fingerprint density at radius 2 is 0.627 bits per heavy atom. The molecular formula is C40H56N2O25. The molecule has 3 fully saturated rings. The standard InChI is InChI=1S/C40H56N2O25/c1-15(43)41-29-34(60-23(9)51)31(57-20(6)48)26(12-54-17(3)45)64-39(29)67-36-33(59-22(8)50)28(14-56-19(5)47)65-40(37(36)61-24(10)52)66-35-30(42-16(2)44)38(62-25(11)53)63-27(13-55-18(4)46)32(35)58-21(7)49/h26-40H,12-14H2,1-11H3,(H,41,43)(H,42,44). The lowest BCUT2D eigenvalue weighted by Gasteiger charge is -2.51. The first-order chi connectivity index (χ1) is 31.3. The summed E-state index contributed by atoms with van der Waals surface area (Å²) >= 11 is 0. The summed E-state index contributed by atoms with van der Waals surface area (Å²) in [6.07, 6.45) is -23.1. The van der Waals surface area contributed by atoms with E-state index in [1.165, 1.54) is 0 Å². The molecule has 3 heterocycles. The first-order valence-electron chi connectivity index (χ1n) is 20.5. The summed E-state index contributed by atoms with van der Waals surface area (Å²) in [6.45, 7) is 9.05. The van der Waals surface area contributed by atoms with Crippen LogP contribution in [0, 0.1) is 0 Å². The number of hydrogen-bond donors (Lipinski definition) is 2. The molecular weight excluding hydrogens is 908 g/mol. The topological polar surface area (TPSA) is 341 Å². The zero-order valence-corrected chi connectivity index (χ0v) is 38.5. The van der Waals surface area contributed by atoms with Gasteiger partial charge in [-0.1, -0.05) is 0 Å². The van der Waals surface area contributed by atoms with Gasteiger partial charge in [0.1, 0.15) is 62.4 Å². The van der Waals surface area contributed by atoms with Gasteiger partial charge in [0.05, 0.1) is 0 Å². The van der Waals surface area contributed by atoms with Gasteiger partial charge in [-0.25, -0.2) is 0 Å². The predicted octanol–water partition coefficient (Wildman–Crippen LogP) is -2.15. The highest BCUT2D eigenvalue weighted by molar-refractivity contribution is 5.74. The van der Waals surface area contributed by atoms with E-state index < -0.39 is 177 Å². The highest BCUT2D eigenvalue weighted by Gasteiger charge is 2.59. The summed E-state index contributed by atoms with van der Waals surface area (Å²) in [5.41, 5.74) is 0. The summed E-state index contributed by atoms with van der Waals surface area (Å²) < 4.78 is 80.3. The zero-order valence-electron chi connectivity index (χ0n) is 38.5. The van der Waals surface area contributed by atoms with Gasteiger partial charge in [-0.15, -0.1) is 0 Å². The molecule has 376 valence electrons. The normalized spacial score (nSPS) is 31.2. The van der Waals surface area contributed by atoms with E-state index in [0.717, 1.165) is 76.2 Å². The smallest absolute Gasteiger partial charge is 0.305 e. The third-order valence-corrected chi connectivity index (χ3v) is 9.35. The van der Waals surface area contributed by atoms with E-state index in [2.05, 4.69) is 10.6 Å². The minimum absolute atomic E-state index is 0.665. The van der Waals surface area contributed by atoms with Crippen molar-refractivity contribution < 1.29 is 119 Å². The number of esters is 9. The van der Waals surface area contributed by atoms with Crippen LogP contribution in [0.4, 0.5) is 0 Å². The van der Waals surface area contributed by atoms with E-state index in [9.17, 15) is 52.7 Å². The molecule has 67 heavy (non-hydrogen) atoms. The van der Waals surface area contributed by atoms with Crippen molar-refractivity contribution in [1.29, 1.82) is 0 Å². The summed E-state index contributed by atoms with van der Waals surface area (Å²) in [5.74, 6) is -9.99. The van der Waals surface area contributed by atoms with Gasteiger partial charge in [0.2, 0.25) is 18.1 Å². The quantitative estimate of drug-likeness (QED) is 0.109.